The van der Waals surface area contributed by atoms with Crippen molar-refractivity contribution >= 4 is 0 Å². The Morgan fingerprint density at radius 3 is 2.62 bits per heavy atom. The third kappa shape index (κ3) is 3.51. The summed E-state index contributed by atoms with van der Waals surface area (Å²) in [6, 6.07) is 9.61. The summed E-state index contributed by atoms with van der Waals surface area (Å²) in [5.41, 5.74) is 3.23. The maximum absolute atomic E-state index is 3.59. The van der Waals surface area contributed by atoms with Gasteiger partial charge in [0.25, 0.3) is 0 Å². The van der Waals surface area contributed by atoms with Gasteiger partial charge >= 0.3 is 0 Å². The molecule has 3 unspecified atom stereocenters. The van der Waals surface area contributed by atoms with Gasteiger partial charge < -0.3 is 5.32 Å². The Morgan fingerprint density at radius 1 is 1.10 bits per heavy atom. The molecular weight excluding hydrogens is 254 g/mol. The van der Waals surface area contributed by atoms with Crippen molar-refractivity contribution in [1.82, 2.24) is 5.32 Å². The van der Waals surface area contributed by atoms with E-state index in [1.165, 1.54) is 45.1 Å². The van der Waals surface area contributed by atoms with Crippen LogP contribution < -0.4 is 5.32 Å². The zero-order valence-corrected chi connectivity index (χ0v) is 13.8. The van der Waals surface area contributed by atoms with Crippen molar-refractivity contribution in [2.24, 2.45) is 11.8 Å². The second kappa shape index (κ2) is 6.96. The van der Waals surface area contributed by atoms with Crippen LogP contribution in [0.3, 0.4) is 0 Å². The number of rotatable bonds is 5. The van der Waals surface area contributed by atoms with Gasteiger partial charge in [0.15, 0.2) is 0 Å². The van der Waals surface area contributed by atoms with Gasteiger partial charge in [0.2, 0.25) is 0 Å². The van der Waals surface area contributed by atoms with Crippen LogP contribution in [0.1, 0.15) is 75.3 Å². The lowest BCUT2D eigenvalue weighted by molar-refractivity contribution is 0.242. The van der Waals surface area contributed by atoms with Crippen molar-refractivity contribution in [2.45, 2.75) is 64.2 Å². The predicted molar refractivity (Wildman–Crippen MR) is 90.8 cm³/mol. The Balaban J connectivity index is 1.77. The Hall–Kier alpha value is -0.820. The third-order valence-corrected chi connectivity index (χ3v) is 5.83. The van der Waals surface area contributed by atoms with Crippen LogP contribution in [0, 0.1) is 11.8 Å². The molecule has 0 heterocycles. The van der Waals surface area contributed by atoms with E-state index in [1.807, 2.05) is 0 Å². The molecule has 116 valence electrons. The summed E-state index contributed by atoms with van der Waals surface area (Å²) in [7, 11) is 0. The highest BCUT2D eigenvalue weighted by atomic mass is 14.8. The Bertz CT molecular complexity index is 447. The van der Waals surface area contributed by atoms with E-state index in [0.29, 0.717) is 0 Å². The van der Waals surface area contributed by atoms with Gasteiger partial charge in [-0.05, 0) is 73.6 Å². The molecule has 1 N–H and O–H groups in total. The van der Waals surface area contributed by atoms with E-state index in [2.05, 4.69) is 43.4 Å². The predicted octanol–water partition coefficient (Wildman–Crippen LogP) is 5.08. The Kier molecular flexibility index (Phi) is 5.00. The third-order valence-electron chi connectivity index (χ3n) is 5.83. The highest BCUT2D eigenvalue weighted by molar-refractivity contribution is 5.30. The molecule has 1 nitrogen and oxygen atoms in total. The minimum Gasteiger partial charge on any atom is -0.317 e. The lowest BCUT2D eigenvalue weighted by Crippen LogP contribution is -2.31. The largest absolute Gasteiger partial charge is 0.317 e. The highest BCUT2D eigenvalue weighted by Gasteiger charge is 2.30. The molecule has 0 amide bonds. The molecule has 21 heavy (non-hydrogen) atoms. The first kappa shape index (κ1) is 15.1. The molecule has 2 aliphatic rings. The van der Waals surface area contributed by atoms with Gasteiger partial charge in [-0.15, -0.1) is 0 Å². The molecule has 0 aliphatic heterocycles. The fourth-order valence-corrected chi connectivity index (χ4v) is 4.21. The number of nitrogens with one attached hydrogen (secondary N) is 1. The van der Waals surface area contributed by atoms with E-state index in [9.17, 15) is 0 Å². The fourth-order valence-electron chi connectivity index (χ4n) is 4.21. The molecule has 0 radical (unpaired) electrons. The highest BCUT2D eigenvalue weighted by Crippen LogP contribution is 2.42. The van der Waals surface area contributed by atoms with Gasteiger partial charge in [0.1, 0.15) is 0 Å². The van der Waals surface area contributed by atoms with Crippen LogP contribution >= 0.6 is 0 Å². The second-order valence-corrected chi connectivity index (χ2v) is 7.39. The number of benzene rings is 1. The maximum Gasteiger partial charge on any atom is -0.00148 e. The second-order valence-electron chi connectivity index (χ2n) is 7.39. The van der Waals surface area contributed by atoms with Gasteiger partial charge in [0.05, 0.1) is 0 Å². The van der Waals surface area contributed by atoms with Gasteiger partial charge in [-0.1, -0.05) is 51.0 Å². The zero-order chi connectivity index (χ0) is 14.7. The van der Waals surface area contributed by atoms with Crippen LogP contribution in [0.25, 0.3) is 0 Å². The Labute approximate surface area is 130 Å². The summed E-state index contributed by atoms with van der Waals surface area (Å²) < 4.78 is 0. The molecule has 0 bridgehead atoms. The fraction of sp³-hybridized carbons (Fsp3) is 0.700. The van der Waals surface area contributed by atoms with Crippen LogP contribution in [0.5, 0.6) is 0 Å². The van der Waals surface area contributed by atoms with E-state index in [1.54, 1.807) is 11.1 Å². The monoisotopic (exact) mass is 285 g/mol. The van der Waals surface area contributed by atoms with Crippen LogP contribution in [0.4, 0.5) is 0 Å². The van der Waals surface area contributed by atoms with Crippen molar-refractivity contribution < 1.29 is 0 Å². The summed E-state index contributed by atoms with van der Waals surface area (Å²) in [6.07, 6.45) is 8.43. The molecule has 2 saturated carbocycles. The van der Waals surface area contributed by atoms with E-state index in [0.717, 1.165) is 30.2 Å². The van der Waals surface area contributed by atoms with Crippen molar-refractivity contribution in [1.29, 1.82) is 0 Å². The molecule has 1 aromatic carbocycles. The topological polar surface area (TPSA) is 12.0 Å². The Morgan fingerprint density at radius 2 is 1.90 bits per heavy atom. The molecule has 0 aromatic heterocycles. The molecule has 3 atom stereocenters. The van der Waals surface area contributed by atoms with E-state index in [4.69, 9.17) is 0 Å². The van der Waals surface area contributed by atoms with Crippen LogP contribution in [0.2, 0.25) is 0 Å². The SMILES string of the molecule is CCNCC1CCC(C)CC1c1cccc(C2CCC2)c1. The van der Waals surface area contributed by atoms with Gasteiger partial charge in [0, 0.05) is 0 Å². The molecule has 2 aliphatic carbocycles. The van der Waals surface area contributed by atoms with Crippen LogP contribution in [-0.4, -0.2) is 13.1 Å². The van der Waals surface area contributed by atoms with E-state index >= 15 is 0 Å². The van der Waals surface area contributed by atoms with Crippen LogP contribution in [-0.2, 0) is 0 Å². The summed E-state index contributed by atoms with van der Waals surface area (Å²) in [5.74, 6) is 3.35. The minimum absolute atomic E-state index is 0.771. The zero-order valence-electron chi connectivity index (χ0n) is 13.8. The first-order chi connectivity index (χ1) is 10.3. The quantitative estimate of drug-likeness (QED) is 0.795. The van der Waals surface area contributed by atoms with Gasteiger partial charge in [-0.25, -0.2) is 0 Å². The summed E-state index contributed by atoms with van der Waals surface area (Å²) in [5, 5.41) is 3.59. The van der Waals surface area contributed by atoms with Crippen molar-refractivity contribution in [3.63, 3.8) is 0 Å². The molecular formula is C20H31N. The average molecular weight is 285 g/mol. The first-order valence-corrected chi connectivity index (χ1v) is 9.08. The van der Waals surface area contributed by atoms with Crippen molar-refractivity contribution in [3.8, 4) is 0 Å². The lowest BCUT2D eigenvalue weighted by Gasteiger charge is -2.36. The van der Waals surface area contributed by atoms with Crippen LogP contribution in [0.15, 0.2) is 24.3 Å². The molecule has 3 rings (SSSR count). The van der Waals surface area contributed by atoms with Gasteiger partial charge in [-0.2, -0.15) is 0 Å². The van der Waals surface area contributed by atoms with Crippen molar-refractivity contribution in [2.75, 3.05) is 13.1 Å². The smallest absolute Gasteiger partial charge is 0.00148 e. The van der Waals surface area contributed by atoms with Gasteiger partial charge in [-0.3, -0.25) is 0 Å². The summed E-state index contributed by atoms with van der Waals surface area (Å²) >= 11 is 0. The summed E-state index contributed by atoms with van der Waals surface area (Å²) in [4.78, 5) is 0. The maximum atomic E-state index is 3.59. The number of hydrogen-bond acceptors (Lipinski definition) is 1. The lowest BCUT2D eigenvalue weighted by atomic mass is 9.70. The molecule has 0 saturated heterocycles. The van der Waals surface area contributed by atoms with E-state index < -0.39 is 0 Å². The first-order valence-electron chi connectivity index (χ1n) is 9.08. The molecule has 2 fully saturated rings. The normalized spacial score (nSPS) is 30.1. The molecule has 1 aromatic rings. The standard InChI is InChI=1S/C20H31N/c1-3-21-14-19-11-10-15(2)12-20(19)18-9-5-8-17(13-18)16-6-4-7-16/h5,8-9,13,15-16,19-21H,3-4,6-7,10-12,14H2,1-2H3. The summed E-state index contributed by atoms with van der Waals surface area (Å²) in [6.45, 7) is 6.95. The average Bonchev–Trinajstić information content (AvgIpc) is 2.44. The molecule has 0 spiro atoms. The number of hydrogen-bond donors (Lipinski definition) is 1. The van der Waals surface area contributed by atoms with E-state index in [-0.39, 0.29) is 0 Å². The minimum atomic E-state index is 0.771. The van der Waals surface area contributed by atoms with Crippen molar-refractivity contribution in [3.05, 3.63) is 35.4 Å². The molecule has 1 heteroatoms.